The molecule has 4 heteroatoms. The number of benzene rings is 1. The molecule has 1 aromatic carbocycles. The molecule has 1 aliphatic heterocycles. The summed E-state index contributed by atoms with van der Waals surface area (Å²) in [6, 6.07) is 5.38. The van der Waals surface area contributed by atoms with Crippen molar-refractivity contribution in [1.82, 2.24) is 5.32 Å². The van der Waals surface area contributed by atoms with Gasteiger partial charge >= 0.3 is 0 Å². The molecule has 1 unspecified atom stereocenters. The zero-order chi connectivity index (χ0) is 13.0. The van der Waals surface area contributed by atoms with Gasteiger partial charge in [-0.05, 0) is 43.4 Å². The van der Waals surface area contributed by atoms with Crippen molar-refractivity contribution in [2.45, 2.75) is 32.4 Å². The Morgan fingerprint density at radius 1 is 1.44 bits per heavy atom. The van der Waals surface area contributed by atoms with Gasteiger partial charge in [-0.15, -0.1) is 0 Å². The summed E-state index contributed by atoms with van der Waals surface area (Å²) >= 11 is 5.66. The molecular weight excluding hydrogens is 253 g/mol. The summed E-state index contributed by atoms with van der Waals surface area (Å²) < 4.78 is 18.6. The predicted octanol–water partition coefficient (Wildman–Crippen LogP) is 3.38. The predicted molar refractivity (Wildman–Crippen MR) is 71.3 cm³/mol. The molecule has 1 atom stereocenters. The lowest BCUT2D eigenvalue weighted by Crippen LogP contribution is -2.36. The first-order valence-corrected chi connectivity index (χ1v) is 6.79. The third kappa shape index (κ3) is 3.67. The van der Waals surface area contributed by atoms with Crippen LogP contribution in [0.5, 0.6) is 0 Å². The zero-order valence-corrected chi connectivity index (χ0v) is 11.3. The van der Waals surface area contributed by atoms with Gasteiger partial charge in [-0.3, -0.25) is 0 Å². The molecule has 0 aromatic heterocycles. The Morgan fingerprint density at radius 3 is 2.83 bits per heavy atom. The molecule has 0 radical (unpaired) electrons. The van der Waals surface area contributed by atoms with Crippen LogP contribution < -0.4 is 5.32 Å². The van der Waals surface area contributed by atoms with E-state index in [0.717, 1.165) is 31.6 Å². The van der Waals surface area contributed by atoms with Crippen molar-refractivity contribution < 1.29 is 9.13 Å². The molecule has 0 spiro atoms. The number of rotatable bonds is 4. The van der Waals surface area contributed by atoms with Crippen molar-refractivity contribution in [1.29, 1.82) is 0 Å². The lowest BCUT2D eigenvalue weighted by Gasteiger charge is -2.28. The summed E-state index contributed by atoms with van der Waals surface area (Å²) in [4.78, 5) is 0. The Hall–Kier alpha value is -0.640. The smallest absolute Gasteiger partial charge is 0.142 e. The summed E-state index contributed by atoms with van der Waals surface area (Å²) in [7, 11) is 0. The van der Waals surface area contributed by atoms with Crippen molar-refractivity contribution >= 4 is 11.6 Å². The SMILES string of the molecule is CC(NCc1ccc(Cl)c(F)c1)C1CCOCC1. The quantitative estimate of drug-likeness (QED) is 0.906. The summed E-state index contributed by atoms with van der Waals surface area (Å²) in [5.74, 6) is 0.297. The highest BCUT2D eigenvalue weighted by Crippen LogP contribution is 2.19. The van der Waals surface area contributed by atoms with Gasteiger partial charge in [0.15, 0.2) is 0 Å². The molecule has 1 aromatic rings. The van der Waals surface area contributed by atoms with Crippen LogP contribution in [0.25, 0.3) is 0 Å². The molecule has 1 fully saturated rings. The van der Waals surface area contributed by atoms with E-state index in [9.17, 15) is 4.39 Å². The van der Waals surface area contributed by atoms with E-state index in [2.05, 4.69) is 12.2 Å². The van der Waals surface area contributed by atoms with Gasteiger partial charge in [0.25, 0.3) is 0 Å². The van der Waals surface area contributed by atoms with E-state index < -0.39 is 0 Å². The minimum absolute atomic E-state index is 0.177. The average Bonchev–Trinajstić information content (AvgIpc) is 2.41. The number of ether oxygens (including phenoxy) is 1. The van der Waals surface area contributed by atoms with Crippen LogP contribution in [0.1, 0.15) is 25.3 Å². The van der Waals surface area contributed by atoms with Crippen LogP contribution in [0.15, 0.2) is 18.2 Å². The number of halogens is 2. The zero-order valence-electron chi connectivity index (χ0n) is 10.6. The van der Waals surface area contributed by atoms with Crippen LogP contribution >= 0.6 is 11.6 Å². The fourth-order valence-corrected chi connectivity index (χ4v) is 2.43. The van der Waals surface area contributed by atoms with Crippen molar-refractivity contribution in [3.8, 4) is 0 Å². The Bertz CT molecular complexity index is 393. The molecule has 0 bridgehead atoms. The second-order valence-corrected chi connectivity index (χ2v) is 5.28. The van der Waals surface area contributed by atoms with Gasteiger partial charge in [0.1, 0.15) is 5.82 Å². The largest absolute Gasteiger partial charge is 0.381 e. The van der Waals surface area contributed by atoms with Crippen LogP contribution in [0, 0.1) is 11.7 Å². The molecular formula is C14H19ClFNO. The maximum absolute atomic E-state index is 13.3. The Kier molecular flexibility index (Phi) is 4.98. The lowest BCUT2D eigenvalue weighted by atomic mass is 9.93. The minimum Gasteiger partial charge on any atom is -0.381 e. The third-order valence-electron chi connectivity index (χ3n) is 3.59. The maximum Gasteiger partial charge on any atom is 0.142 e. The summed E-state index contributed by atoms with van der Waals surface area (Å²) in [5, 5.41) is 3.63. The standard InChI is InChI=1S/C14H19ClFNO/c1-10(12-4-6-18-7-5-12)17-9-11-2-3-13(15)14(16)8-11/h2-3,8,10,12,17H,4-7,9H2,1H3. The fraction of sp³-hybridized carbons (Fsp3) is 0.571. The first kappa shape index (κ1) is 13.8. The van der Waals surface area contributed by atoms with E-state index in [-0.39, 0.29) is 10.8 Å². The first-order chi connectivity index (χ1) is 8.66. The maximum atomic E-state index is 13.3. The lowest BCUT2D eigenvalue weighted by molar-refractivity contribution is 0.0558. The Labute approximate surface area is 112 Å². The molecule has 0 amide bonds. The average molecular weight is 272 g/mol. The highest BCUT2D eigenvalue weighted by Gasteiger charge is 2.19. The molecule has 0 aliphatic carbocycles. The molecule has 100 valence electrons. The fourth-order valence-electron chi connectivity index (χ4n) is 2.31. The Morgan fingerprint density at radius 2 is 2.17 bits per heavy atom. The summed E-state index contributed by atoms with van der Waals surface area (Å²) in [6.07, 6.45) is 2.20. The third-order valence-corrected chi connectivity index (χ3v) is 3.89. The number of hydrogen-bond acceptors (Lipinski definition) is 2. The van der Waals surface area contributed by atoms with E-state index in [0.29, 0.717) is 18.5 Å². The number of nitrogens with one attached hydrogen (secondary N) is 1. The Balaban J connectivity index is 1.84. The monoisotopic (exact) mass is 271 g/mol. The van der Waals surface area contributed by atoms with E-state index in [1.807, 2.05) is 6.07 Å². The van der Waals surface area contributed by atoms with Gasteiger partial charge in [-0.2, -0.15) is 0 Å². The van der Waals surface area contributed by atoms with E-state index in [1.54, 1.807) is 6.07 Å². The summed E-state index contributed by atoms with van der Waals surface area (Å²) in [6.45, 7) is 4.56. The second-order valence-electron chi connectivity index (χ2n) is 4.87. The van der Waals surface area contributed by atoms with Crippen LogP contribution in [-0.4, -0.2) is 19.3 Å². The first-order valence-electron chi connectivity index (χ1n) is 6.42. The van der Waals surface area contributed by atoms with Crippen LogP contribution in [0.3, 0.4) is 0 Å². The summed E-state index contributed by atoms with van der Waals surface area (Å²) in [5.41, 5.74) is 0.927. The van der Waals surface area contributed by atoms with Crippen molar-refractivity contribution in [3.63, 3.8) is 0 Å². The number of hydrogen-bond donors (Lipinski definition) is 1. The van der Waals surface area contributed by atoms with Gasteiger partial charge in [0.2, 0.25) is 0 Å². The van der Waals surface area contributed by atoms with Gasteiger partial charge in [-0.25, -0.2) is 4.39 Å². The molecule has 2 nitrogen and oxygen atoms in total. The highest BCUT2D eigenvalue weighted by atomic mass is 35.5. The topological polar surface area (TPSA) is 21.3 Å². The molecule has 2 rings (SSSR count). The van der Waals surface area contributed by atoms with E-state index in [4.69, 9.17) is 16.3 Å². The van der Waals surface area contributed by atoms with Crippen molar-refractivity contribution in [2.24, 2.45) is 5.92 Å². The normalized spacial score (nSPS) is 18.8. The van der Waals surface area contributed by atoms with Gasteiger partial charge < -0.3 is 10.1 Å². The molecule has 1 aliphatic rings. The van der Waals surface area contributed by atoms with E-state index >= 15 is 0 Å². The molecule has 1 heterocycles. The van der Waals surface area contributed by atoms with Crippen molar-refractivity contribution in [3.05, 3.63) is 34.6 Å². The van der Waals surface area contributed by atoms with Gasteiger partial charge in [0.05, 0.1) is 5.02 Å². The molecule has 18 heavy (non-hydrogen) atoms. The van der Waals surface area contributed by atoms with Crippen LogP contribution in [-0.2, 0) is 11.3 Å². The molecule has 1 N–H and O–H groups in total. The molecule has 1 saturated heterocycles. The van der Waals surface area contributed by atoms with Crippen LogP contribution in [0.4, 0.5) is 4.39 Å². The highest BCUT2D eigenvalue weighted by molar-refractivity contribution is 6.30. The minimum atomic E-state index is -0.352. The van der Waals surface area contributed by atoms with Gasteiger partial charge in [0, 0.05) is 25.8 Å². The van der Waals surface area contributed by atoms with Gasteiger partial charge in [-0.1, -0.05) is 17.7 Å². The second kappa shape index (κ2) is 6.50. The van der Waals surface area contributed by atoms with E-state index in [1.165, 1.54) is 6.07 Å². The van der Waals surface area contributed by atoms with Crippen LogP contribution in [0.2, 0.25) is 5.02 Å². The van der Waals surface area contributed by atoms with Crippen molar-refractivity contribution in [2.75, 3.05) is 13.2 Å². The molecule has 0 saturated carbocycles.